The van der Waals surface area contributed by atoms with Crippen LogP contribution in [0.2, 0.25) is 0 Å². The fourth-order valence-electron chi connectivity index (χ4n) is 3.59. The van der Waals surface area contributed by atoms with Gasteiger partial charge in [-0.15, -0.1) is 0 Å². The van der Waals surface area contributed by atoms with Crippen molar-refractivity contribution >= 4 is 11.8 Å². The van der Waals surface area contributed by atoms with E-state index in [2.05, 4.69) is 12.1 Å². The van der Waals surface area contributed by atoms with E-state index in [-0.39, 0.29) is 18.4 Å². The number of hydrogen-bond acceptors (Lipinski definition) is 3. The summed E-state index contributed by atoms with van der Waals surface area (Å²) >= 11 is 0. The Morgan fingerprint density at radius 1 is 1.07 bits per heavy atom. The molecular weight excluding hydrogens is 352 g/mol. The van der Waals surface area contributed by atoms with Crippen molar-refractivity contribution in [2.45, 2.75) is 32.3 Å². The van der Waals surface area contributed by atoms with E-state index in [0.717, 1.165) is 16.7 Å². The molecule has 0 spiro atoms. The van der Waals surface area contributed by atoms with E-state index < -0.39 is 11.5 Å². The van der Waals surface area contributed by atoms with Gasteiger partial charge in [-0.3, -0.25) is 9.59 Å². The number of ether oxygens (including phenoxy) is 1. The van der Waals surface area contributed by atoms with Gasteiger partial charge in [0, 0.05) is 19.4 Å². The minimum absolute atomic E-state index is 0.0448. The highest BCUT2D eigenvalue weighted by molar-refractivity contribution is 5.86. The Bertz CT molecular complexity index is 818. The van der Waals surface area contributed by atoms with Crippen LogP contribution >= 0.6 is 0 Å². The van der Waals surface area contributed by atoms with Crippen LogP contribution in [0.3, 0.4) is 0 Å². The van der Waals surface area contributed by atoms with Gasteiger partial charge in [0.05, 0.1) is 13.2 Å². The van der Waals surface area contributed by atoms with Crippen molar-refractivity contribution in [3.63, 3.8) is 0 Å². The maximum atomic E-state index is 12.5. The first-order chi connectivity index (χ1) is 13.4. The number of amides is 2. The highest BCUT2D eigenvalue weighted by Crippen LogP contribution is 2.26. The van der Waals surface area contributed by atoms with Crippen LogP contribution in [-0.4, -0.2) is 42.0 Å². The molecule has 1 unspecified atom stereocenters. The highest BCUT2D eigenvalue weighted by atomic mass is 16.5. The predicted octanol–water partition coefficient (Wildman–Crippen LogP) is 3.03. The molecule has 5 nitrogen and oxygen atoms in total. The van der Waals surface area contributed by atoms with Gasteiger partial charge in [0.25, 0.3) is 5.91 Å². The largest absolute Gasteiger partial charge is 0.367 e. The molecule has 1 atom stereocenters. The Morgan fingerprint density at radius 2 is 1.71 bits per heavy atom. The summed E-state index contributed by atoms with van der Waals surface area (Å²) in [5, 5.41) is 0. The summed E-state index contributed by atoms with van der Waals surface area (Å²) in [7, 11) is 0. The molecule has 1 aliphatic rings. The van der Waals surface area contributed by atoms with Gasteiger partial charge < -0.3 is 15.4 Å². The summed E-state index contributed by atoms with van der Waals surface area (Å²) in [6, 6.07) is 18.2. The average Bonchev–Trinajstić information content (AvgIpc) is 2.69. The van der Waals surface area contributed by atoms with Crippen molar-refractivity contribution < 1.29 is 14.3 Å². The number of rotatable bonds is 6. The van der Waals surface area contributed by atoms with E-state index >= 15 is 0 Å². The van der Waals surface area contributed by atoms with Crippen molar-refractivity contribution in [2.75, 3.05) is 19.7 Å². The number of nitrogens with two attached hydrogens (primary N) is 1. The van der Waals surface area contributed by atoms with Gasteiger partial charge in [-0.25, -0.2) is 0 Å². The maximum absolute atomic E-state index is 12.5. The minimum atomic E-state index is -1.18. The molecule has 2 amide bonds. The van der Waals surface area contributed by atoms with Crippen LogP contribution in [0.5, 0.6) is 0 Å². The predicted molar refractivity (Wildman–Crippen MR) is 109 cm³/mol. The van der Waals surface area contributed by atoms with Crippen LogP contribution in [0.4, 0.5) is 0 Å². The van der Waals surface area contributed by atoms with Gasteiger partial charge in [0.1, 0.15) is 0 Å². The Morgan fingerprint density at radius 3 is 2.32 bits per heavy atom. The van der Waals surface area contributed by atoms with Crippen LogP contribution in [0, 0.1) is 5.92 Å². The van der Waals surface area contributed by atoms with Gasteiger partial charge >= 0.3 is 0 Å². The van der Waals surface area contributed by atoms with Gasteiger partial charge in [-0.2, -0.15) is 0 Å². The lowest BCUT2D eigenvalue weighted by atomic mass is 9.90. The number of morpholine rings is 1. The monoisotopic (exact) mass is 380 g/mol. The number of primary amides is 1. The molecule has 0 aliphatic carbocycles. The third-order valence-corrected chi connectivity index (χ3v) is 5.12. The minimum Gasteiger partial charge on any atom is -0.367 e. The van der Waals surface area contributed by atoms with E-state index in [1.165, 1.54) is 0 Å². The van der Waals surface area contributed by atoms with E-state index in [4.69, 9.17) is 10.5 Å². The normalized spacial score (nSPS) is 19.6. The number of hydrogen-bond donors (Lipinski definition) is 1. The summed E-state index contributed by atoms with van der Waals surface area (Å²) < 4.78 is 5.86. The molecule has 148 valence electrons. The molecule has 2 aromatic carbocycles. The van der Waals surface area contributed by atoms with Gasteiger partial charge in [0.2, 0.25) is 5.91 Å². The molecule has 1 saturated heterocycles. The second-order valence-corrected chi connectivity index (χ2v) is 7.86. The van der Waals surface area contributed by atoms with E-state index in [1.807, 2.05) is 56.3 Å². The molecule has 28 heavy (non-hydrogen) atoms. The Labute approximate surface area is 166 Å². The van der Waals surface area contributed by atoms with Crippen molar-refractivity contribution in [2.24, 2.45) is 11.7 Å². The van der Waals surface area contributed by atoms with Crippen molar-refractivity contribution in [3.8, 4) is 11.1 Å². The smallest absolute Gasteiger partial charge is 0.251 e. The summed E-state index contributed by atoms with van der Waals surface area (Å²) in [6.45, 7) is 5.03. The lowest BCUT2D eigenvalue weighted by Gasteiger charge is -2.41. The molecule has 0 saturated carbocycles. The third kappa shape index (κ3) is 4.60. The Kier molecular flexibility index (Phi) is 6.15. The van der Waals surface area contributed by atoms with Crippen LogP contribution in [-0.2, 0) is 20.7 Å². The van der Waals surface area contributed by atoms with Crippen LogP contribution in [0.1, 0.15) is 25.8 Å². The number of benzene rings is 2. The zero-order chi connectivity index (χ0) is 20.1. The van der Waals surface area contributed by atoms with Crippen molar-refractivity contribution in [3.05, 3.63) is 60.2 Å². The number of nitrogens with zero attached hydrogens (tertiary/aromatic N) is 1. The molecule has 1 fully saturated rings. The van der Waals surface area contributed by atoms with Crippen LogP contribution < -0.4 is 5.73 Å². The lowest BCUT2D eigenvalue weighted by Crippen LogP contribution is -2.61. The second-order valence-electron chi connectivity index (χ2n) is 7.86. The summed E-state index contributed by atoms with van der Waals surface area (Å²) in [5.41, 5.74) is 7.75. The summed E-state index contributed by atoms with van der Waals surface area (Å²) in [6.07, 6.45) is 0.809. The molecule has 5 heteroatoms. The molecular formula is C23H28N2O3. The summed E-state index contributed by atoms with van der Waals surface area (Å²) in [4.78, 5) is 26.5. The van der Waals surface area contributed by atoms with Gasteiger partial charge in [-0.1, -0.05) is 68.4 Å². The van der Waals surface area contributed by atoms with Crippen LogP contribution in [0.15, 0.2) is 54.6 Å². The quantitative estimate of drug-likeness (QED) is 0.837. The molecule has 1 aliphatic heterocycles. The Hall–Kier alpha value is -2.66. The zero-order valence-electron chi connectivity index (χ0n) is 16.6. The molecule has 0 radical (unpaired) electrons. The standard InChI is InChI=1S/C23H28N2O3/c1-17(2)14-21(26)25-12-13-28-23(16-25,22(24)27)15-18-8-10-20(11-9-18)19-6-4-3-5-7-19/h3-11,17H,12-16H2,1-2H3,(H2,24,27). The summed E-state index contributed by atoms with van der Waals surface area (Å²) in [5.74, 6) is -0.214. The zero-order valence-corrected chi connectivity index (χ0v) is 16.6. The molecule has 2 aromatic rings. The van der Waals surface area contributed by atoms with Crippen molar-refractivity contribution in [1.82, 2.24) is 4.90 Å². The maximum Gasteiger partial charge on any atom is 0.251 e. The topological polar surface area (TPSA) is 72.6 Å². The fraction of sp³-hybridized carbons (Fsp3) is 0.391. The first-order valence-corrected chi connectivity index (χ1v) is 9.75. The SMILES string of the molecule is CC(C)CC(=O)N1CCOC(Cc2ccc(-c3ccccc3)cc2)(C(N)=O)C1. The third-order valence-electron chi connectivity index (χ3n) is 5.12. The molecule has 2 N–H and O–H groups in total. The second kappa shape index (κ2) is 8.57. The van der Waals surface area contributed by atoms with E-state index in [9.17, 15) is 9.59 Å². The van der Waals surface area contributed by atoms with Crippen molar-refractivity contribution in [1.29, 1.82) is 0 Å². The average molecular weight is 380 g/mol. The molecule has 3 rings (SSSR count). The first kappa shape index (κ1) is 20.1. The van der Waals surface area contributed by atoms with E-state index in [0.29, 0.717) is 26.0 Å². The Balaban J connectivity index is 1.77. The van der Waals surface area contributed by atoms with Gasteiger partial charge in [0.15, 0.2) is 5.60 Å². The van der Waals surface area contributed by atoms with Crippen LogP contribution in [0.25, 0.3) is 11.1 Å². The van der Waals surface area contributed by atoms with E-state index in [1.54, 1.807) is 4.90 Å². The molecule has 0 aromatic heterocycles. The number of carbonyl (C=O) groups excluding carboxylic acids is 2. The van der Waals surface area contributed by atoms with Gasteiger partial charge in [-0.05, 0) is 22.6 Å². The number of carbonyl (C=O) groups is 2. The lowest BCUT2D eigenvalue weighted by molar-refractivity contribution is -0.163. The highest BCUT2D eigenvalue weighted by Gasteiger charge is 2.43. The fourth-order valence-corrected chi connectivity index (χ4v) is 3.59. The molecule has 0 bridgehead atoms. The molecule has 1 heterocycles. The first-order valence-electron chi connectivity index (χ1n) is 9.75.